The molecule has 1 aromatic heterocycles. The molecule has 0 spiro atoms. The highest BCUT2D eigenvalue weighted by Gasteiger charge is 2.27. The van der Waals surface area contributed by atoms with Crippen LogP contribution >= 0.6 is 0 Å². The van der Waals surface area contributed by atoms with E-state index in [9.17, 15) is 9.59 Å². The molecule has 0 aliphatic rings. The molecule has 0 aliphatic heterocycles. The normalized spacial score (nSPS) is 11.8. The zero-order valence-corrected chi connectivity index (χ0v) is 13.1. The van der Waals surface area contributed by atoms with Crippen LogP contribution in [0.5, 0.6) is 5.75 Å². The van der Waals surface area contributed by atoms with Crippen molar-refractivity contribution in [1.82, 2.24) is 4.98 Å². The second-order valence-corrected chi connectivity index (χ2v) is 5.49. The summed E-state index contributed by atoms with van der Waals surface area (Å²) < 4.78 is 10.6. The highest BCUT2D eigenvalue weighted by atomic mass is 16.6. The van der Waals surface area contributed by atoms with Crippen molar-refractivity contribution in [3.63, 3.8) is 0 Å². The summed E-state index contributed by atoms with van der Waals surface area (Å²) in [6.45, 7) is 3.81. The number of carbonyl (C=O) groups is 2. The van der Waals surface area contributed by atoms with Crippen LogP contribution in [0.4, 0.5) is 0 Å². The number of esters is 2. The van der Waals surface area contributed by atoms with Gasteiger partial charge >= 0.3 is 11.9 Å². The van der Waals surface area contributed by atoms with Gasteiger partial charge in [-0.3, -0.25) is 9.78 Å². The van der Waals surface area contributed by atoms with E-state index in [0.29, 0.717) is 11.3 Å². The quantitative estimate of drug-likeness (QED) is 0.604. The predicted molar refractivity (Wildman–Crippen MR) is 84.6 cm³/mol. The summed E-state index contributed by atoms with van der Waals surface area (Å²) in [6, 6.07) is 12.0. The van der Waals surface area contributed by atoms with Crippen LogP contribution in [0.2, 0.25) is 0 Å². The fourth-order valence-corrected chi connectivity index (χ4v) is 1.95. The molecule has 0 aliphatic carbocycles. The Morgan fingerprint density at radius 1 is 1.09 bits per heavy atom. The molecular formula is C18H19NO4. The van der Waals surface area contributed by atoms with E-state index in [1.54, 1.807) is 42.6 Å². The van der Waals surface area contributed by atoms with E-state index in [1.165, 1.54) is 6.20 Å². The van der Waals surface area contributed by atoms with E-state index in [-0.39, 0.29) is 12.3 Å². The van der Waals surface area contributed by atoms with Gasteiger partial charge in [-0.05, 0) is 24.1 Å². The minimum absolute atomic E-state index is 0.141. The number of rotatable bonds is 6. The summed E-state index contributed by atoms with van der Waals surface area (Å²) in [5.74, 6) is -0.561. The molecule has 0 fully saturated rings. The first-order valence-electron chi connectivity index (χ1n) is 7.42. The number of ether oxygens (including phenoxy) is 2. The van der Waals surface area contributed by atoms with Gasteiger partial charge in [-0.25, -0.2) is 4.79 Å². The summed E-state index contributed by atoms with van der Waals surface area (Å²) in [5.41, 5.74) is 0.477. The van der Waals surface area contributed by atoms with Crippen molar-refractivity contribution in [2.75, 3.05) is 0 Å². The highest BCUT2D eigenvalue weighted by molar-refractivity contribution is 5.82. The summed E-state index contributed by atoms with van der Waals surface area (Å²) >= 11 is 0. The maximum atomic E-state index is 12.4. The number of benzene rings is 1. The fourth-order valence-electron chi connectivity index (χ4n) is 1.95. The van der Waals surface area contributed by atoms with Crippen LogP contribution < -0.4 is 4.74 Å². The maximum absolute atomic E-state index is 12.4. The van der Waals surface area contributed by atoms with Gasteiger partial charge in [-0.2, -0.15) is 0 Å². The number of nitrogens with zero attached hydrogens (tertiary/aromatic N) is 1. The van der Waals surface area contributed by atoms with Crippen LogP contribution in [0.15, 0.2) is 54.9 Å². The van der Waals surface area contributed by atoms with Crippen LogP contribution in [0.25, 0.3) is 0 Å². The van der Waals surface area contributed by atoms with Gasteiger partial charge in [0.15, 0.2) is 0 Å². The minimum atomic E-state index is -1.13. The number of hydrogen-bond acceptors (Lipinski definition) is 5. The van der Waals surface area contributed by atoms with Crippen LogP contribution in [-0.4, -0.2) is 16.9 Å². The molecule has 1 atom stereocenters. The van der Waals surface area contributed by atoms with Gasteiger partial charge in [-0.15, -0.1) is 0 Å². The lowest BCUT2D eigenvalue weighted by Gasteiger charge is -2.17. The third-order valence-electron chi connectivity index (χ3n) is 2.99. The lowest BCUT2D eigenvalue weighted by atomic mass is 10.1. The van der Waals surface area contributed by atoms with E-state index in [0.717, 1.165) is 0 Å². The van der Waals surface area contributed by atoms with Gasteiger partial charge in [0.05, 0.1) is 0 Å². The molecule has 1 aromatic carbocycles. The fraction of sp³-hybridized carbons (Fsp3) is 0.278. The molecule has 1 unspecified atom stereocenters. The van der Waals surface area contributed by atoms with Crippen molar-refractivity contribution in [3.8, 4) is 5.75 Å². The topological polar surface area (TPSA) is 65.5 Å². The molecule has 2 aromatic rings. The van der Waals surface area contributed by atoms with Gasteiger partial charge < -0.3 is 9.47 Å². The first-order valence-corrected chi connectivity index (χ1v) is 7.42. The second-order valence-electron chi connectivity index (χ2n) is 5.49. The van der Waals surface area contributed by atoms with Crippen molar-refractivity contribution in [3.05, 3.63) is 60.4 Å². The Balaban J connectivity index is 2.16. The van der Waals surface area contributed by atoms with Crippen molar-refractivity contribution in [2.24, 2.45) is 5.92 Å². The molecule has 1 heterocycles. The lowest BCUT2D eigenvalue weighted by Crippen LogP contribution is -2.24. The number of hydrogen-bond donors (Lipinski definition) is 0. The van der Waals surface area contributed by atoms with Gasteiger partial charge in [0, 0.05) is 24.4 Å². The van der Waals surface area contributed by atoms with Gasteiger partial charge in [0.2, 0.25) is 6.10 Å². The Labute approximate surface area is 135 Å². The molecule has 5 heteroatoms. The molecule has 0 saturated carbocycles. The lowest BCUT2D eigenvalue weighted by molar-refractivity contribution is -0.163. The van der Waals surface area contributed by atoms with E-state index < -0.39 is 18.0 Å². The second kappa shape index (κ2) is 8.08. The largest absolute Gasteiger partial charge is 0.445 e. The third-order valence-corrected chi connectivity index (χ3v) is 2.99. The smallest absolute Gasteiger partial charge is 0.357 e. The van der Waals surface area contributed by atoms with Crippen LogP contribution in [-0.2, 0) is 14.3 Å². The Morgan fingerprint density at radius 3 is 2.43 bits per heavy atom. The number of carbonyl (C=O) groups excluding carboxylic acids is 2. The third kappa shape index (κ3) is 5.21. The number of para-hydroxylation sites is 1. The van der Waals surface area contributed by atoms with E-state index >= 15 is 0 Å². The zero-order valence-electron chi connectivity index (χ0n) is 13.1. The van der Waals surface area contributed by atoms with Crippen LogP contribution in [0.3, 0.4) is 0 Å². The van der Waals surface area contributed by atoms with Gasteiger partial charge in [0.1, 0.15) is 5.75 Å². The molecule has 23 heavy (non-hydrogen) atoms. The van der Waals surface area contributed by atoms with E-state index in [2.05, 4.69) is 4.98 Å². The zero-order chi connectivity index (χ0) is 16.7. The molecule has 0 N–H and O–H groups in total. The van der Waals surface area contributed by atoms with Crippen molar-refractivity contribution < 1.29 is 19.1 Å². The molecule has 120 valence electrons. The van der Waals surface area contributed by atoms with Gasteiger partial charge in [-0.1, -0.05) is 38.1 Å². The summed E-state index contributed by atoms with van der Waals surface area (Å²) in [4.78, 5) is 28.3. The number of pyridine rings is 1. The maximum Gasteiger partial charge on any atom is 0.357 e. The highest BCUT2D eigenvalue weighted by Crippen LogP contribution is 2.21. The SMILES string of the molecule is CC(C)CC(=O)OC(C(=O)Oc1ccccc1)c1cccnc1. The average molecular weight is 313 g/mol. The summed E-state index contributed by atoms with van der Waals surface area (Å²) in [6.07, 6.45) is 2.17. The van der Waals surface area contributed by atoms with Crippen molar-refractivity contribution in [2.45, 2.75) is 26.4 Å². The van der Waals surface area contributed by atoms with Gasteiger partial charge in [0.25, 0.3) is 0 Å². The molecular weight excluding hydrogens is 294 g/mol. The summed E-state index contributed by atoms with van der Waals surface area (Å²) in [7, 11) is 0. The van der Waals surface area contributed by atoms with E-state index in [1.807, 2.05) is 19.9 Å². The van der Waals surface area contributed by atoms with Crippen molar-refractivity contribution >= 4 is 11.9 Å². The Kier molecular flexibility index (Phi) is 5.86. The minimum Gasteiger partial charge on any atom is -0.445 e. The Morgan fingerprint density at radius 2 is 1.83 bits per heavy atom. The molecule has 0 saturated heterocycles. The number of aromatic nitrogens is 1. The van der Waals surface area contributed by atoms with E-state index in [4.69, 9.17) is 9.47 Å². The Bertz CT molecular complexity index is 641. The molecule has 5 nitrogen and oxygen atoms in total. The molecule has 0 bridgehead atoms. The van der Waals surface area contributed by atoms with Crippen molar-refractivity contribution in [1.29, 1.82) is 0 Å². The monoisotopic (exact) mass is 313 g/mol. The Hall–Kier alpha value is -2.69. The first-order chi connectivity index (χ1) is 11.1. The first kappa shape index (κ1) is 16.7. The molecule has 0 radical (unpaired) electrons. The molecule has 2 rings (SSSR count). The standard InChI is InChI=1S/C18H19NO4/c1-13(2)11-16(20)23-17(14-7-6-10-19-12-14)18(21)22-15-8-4-3-5-9-15/h3-10,12-13,17H,11H2,1-2H3. The average Bonchev–Trinajstić information content (AvgIpc) is 2.53. The summed E-state index contributed by atoms with van der Waals surface area (Å²) in [5, 5.41) is 0. The van der Waals surface area contributed by atoms with Crippen LogP contribution in [0.1, 0.15) is 31.9 Å². The predicted octanol–water partition coefficient (Wildman–Crippen LogP) is 3.32. The molecule has 0 amide bonds. The van der Waals surface area contributed by atoms with Crippen LogP contribution in [0, 0.1) is 5.92 Å².